The Bertz CT molecular complexity index is 2310. The average molecular weight is 851 g/mol. The summed E-state index contributed by atoms with van der Waals surface area (Å²) in [5.74, 6) is -1.74. The zero-order valence-electron chi connectivity index (χ0n) is 31.1. The minimum Gasteiger partial charge on any atom is -0.369 e. The maximum Gasteiger partial charge on any atom is 0.419 e. The lowest BCUT2D eigenvalue weighted by Gasteiger charge is -2.36. The van der Waals surface area contributed by atoms with Gasteiger partial charge in [0.2, 0.25) is 21.9 Å². The molecule has 1 N–H and O–H groups in total. The Morgan fingerprint density at radius 2 is 1.64 bits per heavy atom. The molecular formula is C37H37F7N10O4S. The predicted octanol–water partition coefficient (Wildman–Crippen LogP) is 5.44. The maximum atomic E-state index is 15.5. The van der Waals surface area contributed by atoms with E-state index in [1.807, 2.05) is 30.3 Å². The fraction of sp³-hybridized carbons (Fsp3) is 0.405. The molecule has 14 nitrogen and oxygen atoms in total. The van der Waals surface area contributed by atoms with Crippen molar-refractivity contribution < 1.29 is 48.7 Å². The van der Waals surface area contributed by atoms with Gasteiger partial charge in [0.25, 0.3) is 0 Å². The van der Waals surface area contributed by atoms with Crippen LogP contribution in [0.15, 0.2) is 77.0 Å². The van der Waals surface area contributed by atoms with E-state index in [0.29, 0.717) is 55.8 Å². The number of aliphatic imine (C=N–C) groups is 1. The van der Waals surface area contributed by atoms with Crippen molar-refractivity contribution in [3.05, 3.63) is 78.2 Å². The molecule has 2 aromatic carbocycles. The van der Waals surface area contributed by atoms with Crippen molar-refractivity contribution in [2.75, 3.05) is 55.6 Å². The quantitative estimate of drug-likeness (QED) is 0.163. The third-order valence-corrected chi connectivity index (χ3v) is 12.0. The minimum atomic E-state index is -4.96. The van der Waals surface area contributed by atoms with Gasteiger partial charge in [-0.3, -0.25) is 24.6 Å². The molecule has 3 fully saturated rings. The molecule has 2 atom stereocenters. The number of benzene rings is 2. The van der Waals surface area contributed by atoms with Gasteiger partial charge in [0.15, 0.2) is 0 Å². The summed E-state index contributed by atoms with van der Waals surface area (Å²) in [6, 6.07) is 13.5. The highest BCUT2D eigenvalue weighted by Gasteiger charge is 2.38. The van der Waals surface area contributed by atoms with E-state index in [9.17, 15) is 44.3 Å². The number of halogens is 7. The number of anilines is 2. The summed E-state index contributed by atoms with van der Waals surface area (Å²) in [7, 11) is -4.11. The minimum absolute atomic E-state index is 0.00374. The van der Waals surface area contributed by atoms with Crippen molar-refractivity contribution in [3.8, 4) is 11.3 Å². The SMILES string of the molecule is O=C1CCN(c2ccc(N3CCN(Cc4cccc(S(=O)(=O)N5CCC(/C=N/c6ncc(C(F)(F)F)c(-c7cnn(CC(F)(F)F)c7)n6)[C@H](F)C5)c4)CC3)cc2)C(=O)N1. The van der Waals surface area contributed by atoms with E-state index in [1.54, 1.807) is 12.1 Å². The number of piperazine rings is 1. The molecule has 3 aliphatic rings. The molecule has 0 aliphatic carbocycles. The van der Waals surface area contributed by atoms with Gasteiger partial charge in [-0.2, -0.15) is 35.7 Å². The molecule has 3 amide bonds. The van der Waals surface area contributed by atoms with Gasteiger partial charge < -0.3 is 4.90 Å². The van der Waals surface area contributed by atoms with Gasteiger partial charge in [-0.25, -0.2) is 32.6 Å². The fourth-order valence-electron chi connectivity index (χ4n) is 7.09. The predicted molar refractivity (Wildman–Crippen MR) is 200 cm³/mol. The lowest BCUT2D eigenvalue weighted by atomic mass is 9.98. The molecule has 2 aromatic heterocycles. The zero-order chi connectivity index (χ0) is 42.1. The van der Waals surface area contributed by atoms with Gasteiger partial charge in [-0.05, 0) is 48.4 Å². The number of nitrogens with one attached hydrogen (secondary N) is 1. The van der Waals surface area contributed by atoms with Crippen LogP contribution in [0.1, 0.15) is 24.0 Å². The van der Waals surface area contributed by atoms with E-state index in [-0.39, 0.29) is 35.8 Å². The van der Waals surface area contributed by atoms with Crippen molar-refractivity contribution in [1.82, 2.24) is 34.3 Å². The lowest BCUT2D eigenvalue weighted by Crippen LogP contribution is -2.49. The highest BCUT2D eigenvalue weighted by molar-refractivity contribution is 7.89. The highest BCUT2D eigenvalue weighted by atomic mass is 32.2. The van der Waals surface area contributed by atoms with Crippen LogP contribution in [-0.4, -0.2) is 114 Å². The summed E-state index contributed by atoms with van der Waals surface area (Å²) in [4.78, 5) is 40.9. The molecule has 0 spiro atoms. The molecule has 3 saturated heterocycles. The average Bonchev–Trinajstić information content (AvgIpc) is 3.64. The first-order chi connectivity index (χ1) is 27.9. The topological polar surface area (TPSA) is 149 Å². The fourth-order valence-corrected chi connectivity index (χ4v) is 8.63. The first-order valence-corrected chi connectivity index (χ1v) is 19.9. The first-order valence-electron chi connectivity index (χ1n) is 18.4. The molecule has 1 unspecified atom stereocenters. The van der Waals surface area contributed by atoms with Crippen LogP contribution in [0, 0.1) is 5.92 Å². The number of aromatic nitrogens is 4. The molecule has 0 saturated carbocycles. The summed E-state index contributed by atoms with van der Waals surface area (Å²) >= 11 is 0. The van der Waals surface area contributed by atoms with Crippen molar-refractivity contribution in [1.29, 1.82) is 0 Å². The molecule has 3 aliphatic heterocycles. The van der Waals surface area contributed by atoms with Crippen LogP contribution in [0.5, 0.6) is 0 Å². The number of rotatable bonds is 10. The molecule has 5 heterocycles. The highest BCUT2D eigenvalue weighted by Crippen LogP contribution is 2.37. The van der Waals surface area contributed by atoms with Crippen molar-refractivity contribution >= 4 is 45.5 Å². The smallest absolute Gasteiger partial charge is 0.369 e. The molecule has 59 heavy (non-hydrogen) atoms. The van der Waals surface area contributed by atoms with E-state index < -0.39 is 70.8 Å². The molecule has 0 bridgehead atoms. The normalized spacial score (nSPS) is 20.4. The number of urea groups is 1. The zero-order valence-corrected chi connectivity index (χ0v) is 31.9. The largest absolute Gasteiger partial charge is 0.419 e. The van der Waals surface area contributed by atoms with Gasteiger partial charge >= 0.3 is 18.4 Å². The number of carbonyl (C=O) groups excluding carboxylic acids is 2. The van der Waals surface area contributed by atoms with E-state index >= 15 is 4.39 Å². The van der Waals surface area contributed by atoms with E-state index in [1.165, 1.54) is 11.0 Å². The summed E-state index contributed by atoms with van der Waals surface area (Å²) in [5, 5.41) is 5.79. The molecule has 7 rings (SSSR count). The number of piperidine rings is 1. The van der Waals surface area contributed by atoms with Crippen molar-refractivity contribution in [2.45, 2.75) is 49.4 Å². The molecular weight excluding hydrogens is 814 g/mol. The van der Waals surface area contributed by atoms with Gasteiger partial charge in [-0.1, -0.05) is 12.1 Å². The van der Waals surface area contributed by atoms with E-state index in [2.05, 4.69) is 35.2 Å². The van der Waals surface area contributed by atoms with Crippen molar-refractivity contribution in [3.63, 3.8) is 0 Å². The van der Waals surface area contributed by atoms with Gasteiger partial charge in [-0.15, -0.1) is 0 Å². The number of carbonyl (C=O) groups is 2. The number of hydrogen-bond acceptors (Lipinski definition) is 10. The molecule has 314 valence electrons. The number of amides is 3. The maximum absolute atomic E-state index is 15.5. The Labute approximate surface area is 333 Å². The summed E-state index contributed by atoms with van der Waals surface area (Å²) in [5.41, 5.74) is -0.0266. The number of imide groups is 1. The second-order valence-electron chi connectivity index (χ2n) is 14.3. The number of sulfonamides is 1. The Hall–Kier alpha value is -5.48. The molecule has 4 aromatic rings. The van der Waals surface area contributed by atoms with Crippen LogP contribution in [-0.2, 0) is 34.1 Å². The molecule has 0 radical (unpaired) electrons. The lowest BCUT2D eigenvalue weighted by molar-refractivity contribution is -0.142. The number of alkyl halides is 7. The van der Waals surface area contributed by atoms with Crippen LogP contribution in [0.4, 0.5) is 52.9 Å². The van der Waals surface area contributed by atoms with Crippen molar-refractivity contribution in [2.24, 2.45) is 10.9 Å². The van der Waals surface area contributed by atoms with Gasteiger partial charge in [0.05, 0.1) is 16.8 Å². The summed E-state index contributed by atoms with van der Waals surface area (Å²) in [6.45, 7) is 1.47. The van der Waals surface area contributed by atoms with Gasteiger partial charge in [0, 0.05) is 100 Å². The Morgan fingerprint density at radius 3 is 2.32 bits per heavy atom. The monoisotopic (exact) mass is 850 g/mol. The summed E-state index contributed by atoms with van der Waals surface area (Å²) in [6.07, 6.45) is -8.05. The first kappa shape index (κ1) is 41.7. The second-order valence-corrected chi connectivity index (χ2v) is 16.2. The summed E-state index contributed by atoms with van der Waals surface area (Å²) < 4.78 is 124. The Kier molecular flexibility index (Phi) is 11.8. The molecule has 22 heteroatoms. The van der Waals surface area contributed by atoms with E-state index in [0.717, 1.165) is 34.2 Å². The van der Waals surface area contributed by atoms with Crippen LogP contribution in [0.25, 0.3) is 11.3 Å². The van der Waals surface area contributed by atoms with Crippen LogP contribution < -0.4 is 15.1 Å². The second kappa shape index (κ2) is 16.6. The van der Waals surface area contributed by atoms with Gasteiger partial charge in [0.1, 0.15) is 18.3 Å². The van der Waals surface area contributed by atoms with Crippen LogP contribution >= 0.6 is 0 Å². The number of hydrogen-bond donors (Lipinski definition) is 1. The standard InChI is InChI=1S/C37H37F7N10O4S/c38-31-22-53(10-8-25(31)17-45-34-46-19-30(37(42,43)44)33(49-34)26-18-47-52(21-26)23-36(39,40)41)59(57,58)29-3-1-2-24(16-29)20-50-12-14-51(15-13-50)27-4-6-28(7-5-27)54-11-9-32(55)48-35(54)56/h1-7,16-19,21,25,31H,8-15,20,22-23H2,(H,48,55,56)/b45-17+/t25?,31-/m1/s1. The van der Waals surface area contributed by atoms with Crippen LogP contribution in [0.3, 0.4) is 0 Å². The van der Waals surface area contributed by atoms with Crippen LogP contribution in [0.2, 0.25) is 0 Å². The number of nitrogens with zero attached hydrogens (tertiary/aromatic N) is 9. The third kappa shape index (κ3) is 9.87. The third-order valence-electron chi connectivity index (χ3n) is 10.2. The van der Waals surface area contributed by atoms with E-state index in [4.69, 9.17) is 0 Å². The Balaban J connectivity index is 0.941. The Morgan fingerprint density at radius 1 is 0.915 bits per heavy atom.